The van der Waals surface area contributed by atoms with Gasteiger partial charge in [-0.05, 0) is 80.1 Å². The zero-order valence-electron chi connectivity index (χ0n) is 36.7. The van der Waals surface area contributed by atoms with Crippen LogP contribution in [0.5, 0.6) is 0 Å². The molecule has 0 bridgehead atoms. The number of imide groups is 1. The molecule has 0 unspecified atom stereocenters. The van der Waals surface area contributed by atoms with Crippen LogP contribution in [0.3, 0.4) is 0 Å². The molecule has 0 rings (SSSR count). The second-order valence-electron chi connectivity index (χ2n) is 14.1. The fourth-order valence-electron chi connectivity index (χ4n) is 5.82. The van der Waals surface area contributed by atoms with E-state index >= 15 is 0 Å². The van der Waals surface area contributed by atoms with Crippen LogP contribution in [-0.4, -0.2) is 129 Å². The standard InChI is InChI=1S/C41H68N6O14/c1-7-59-37(54)31(28(4)48)34(51)42-22-16-10-12-19-25-45-40(57)47(27-21-15-14-18-24-44-36(53)33(30(6)50)39(56)61-9-3)41(58)46-26-20-13-11-17-23-43-35(52)32(29(5)49)38(55)60-8-2/h31-33H,7-27H2,1-6H3,(H,42,51)(H,43,52)(H,44,53)(H,45,57)(H,46,58)/t31-,32-,33-/m1/s1. The average molecular weight is 869 g/mol. The number of amides is 7. The summed E-state index contributed by atoms with van der Waals surface area (Å²) < 4.78 is 14.4. The topological polar surface area (TPSA) is 279 Å². The highest BCUT2D eigenvalue weighted by atomic mass is 16.5. The predicted molar refractivity (Wildman–Crippen MR) is 220 cm³/mol. The molecule has 0 saturated carbocycles. The molecule has 0 radical (unpaired) electrons. The number of urea groups is 2. The minimum absolute atomic E-state index is 0.0346. The quantitative estimate of drug-likeness (QED) is 0.0273. The van der Waals surface area contributed by atoms with Gasteiger partial charge in [0, 0.05) is 39.3 Å². The average Bonchev–Trinajstić information content (AvgIpc) is 3.17. The molecule has 61 heavy (non-hydrogen) atoms. The van der Waals surface area contributed by atoms with Crippen molar-refractivity contribution in [2.24, 2.45) is 17.8 Å². The largest absolute Gasteiger partial charge is 0.465 e. The Bertz CT molecular complexity index is 1400. The summed E-state index contributed by atoms with van der Waals surface area (Å²) in [5.74, 6) is -11.2. The molecular weight excluding hydrogens is 800 g/mol. The monoisotopic (exact) mass is 868 g/mol. The van der Waals surface area contributed by atoms with Gasteiger partial charge in [0.15, 0.2) is 35.1 Å². The highest BCUT2D eigenvalue weighted by Crippen LogP contribution is 2.08. The second-order valence-corrected chi connectivity index (χ2v) is 14.1. The maximum absolute atomic E-state index is 13.2. The molecule has 20 nitrogen and oxygen atoms in total. The molecule has 0 aliphatic rings. The summed E-state index contributed by atoms with van der Waals surface area (Å²) in [5, 5.41) is 13.3. The van der Waals surface area contributed by atoms with Crippen molar-refractivity contribution in [2.75, 3.05) is 59.1 Å². The third-order valence-electron chi connectivity index (χ3n) is 9.03. The molecule has 0 heterocycles. The number of unbranched alkanes of at least 4 members (excludes halogenated alkanes) is 9. The van der Waals surface area contributed by atoms with Crippen LogP contribution in [0.15, 0.2) is 0 Å². The molecule has 7 amide bonds. The van der Waals surface area contributed by atoms with E-state index < -0.39 is 82.8 Å². The van der Waals surface area contributed by atoms with Gasteiger partial charge in [0.05, 0.1) is 19.8 Å². The van der Waals surface area contributed by atoms with E-state index in [4.69, 9.17) is 14.2 Å². The lowest BCUT2D eigenvalue weighted by atomic mass is 10.0. The summed E-state index contributed by atoms with van der Waals surface area (Å²) >= 11 is 0. The van der Waals surface area contributed by atoms with Gasteiger partial charge in [-0.1, -0.05) is 38.5 Å². The lowest BCUT2D eigenvalue weighted by molar-refractivity contribution is -0.157. The van der Waals surface area contributed by atoms with Crippen LogP contribution in [0, 0.1) is 17.8 Å². The molecule has 0 aromatic rings. The van der Waals surface area contributed by atoms with Crippen LogP contribution >= 0.6 is 0 Å². The van der Waals surface area contributed by atoms with Gasteiger partial charge in [0.25, 0.3) is 0 Å². The number of ketones is 3. The van der Waals surface area contributed by atoms with Crippen molar-refractivity contribution in [3.05, 3.63) is 0 Å². The Kier molecular flexibility index (Phi) is 30.3. The van der Waals surface area contributed by atoms with E-state index in [0.29, 0.717) is 77.0 Å². The van der Waals surface area contributed by atoms with E-state index in [2.05, 4.69) is 26.6 Å². The Morgan fingerprint density at radius 1 is 0.377 bits per heavy atom. The minimum Gasteiger partial charge on any atom is -0.465 e. The van der Waals surface area contributed by atoms with Crippen molar-refractivity contribution in [3.63, 3.8) is 0 Å². The van der Waals surface area contributed by atoms with Crippen molar-refractivity contribution in [1.82, 2.24) is 31.5 Å². The third-order valence-corrected chi connectivity index (χ3v) is 9.03. The highest BCUT2D eigenvalue weighted by molar-refractivity contribution is 6.17. The summed E-state index contributed by atoms with van der Waals surface area (Å²) in [5.41, 5.74) is 0. The highest BCUT2D eigenvalue weighted by Gasteiger charge is 2.34. The molecule has 0 aliphatic heterocycles. The molecule has 0 aromatic carbocycles. The normalized spacial score (nSPS) is 12.0. The molecule has 346 valence electrons. The second kappa shape index (κ2) is 33.3. The molecule has 5 N–H and O–H groups in total. The zero-order chi connectivity index (χ0) is 46.2. The van der Waals surface area contributed by atoms with E-state index in [1.807, 2.05) is 0 Å². The summed E-state index contributed by atoms with van der Waals surface area (Å²) in [7, 11) is 0. The molecule has 20 heteroatoms. The predicted octanol–water partition coefficient (Wildman–Crippen LogP) is 2.04. The van der Waals surface area contributed by atoms with E-state index in [1.165, 1.54) is 0 Å². The van der Waals surface area contributed by atoms with Gasteiger partial charge in [-0.2, -0.15) is 0 Å². The van der Waals surface area contributed by atoms with Gasteiger partial charge in [-0.25, -0.2) is 14.5 Å². The number of hydrogen-bond donors (Lipinski definition) is 5. The lowest BCUT2D eigenvalue weighted by Gasteiger charge is -2.22. The van der Waals surface area contributed by atoms with Gasteiger partial charge in [0.2, 0.25) is 17.7 Å². The number of nitrogens with zero attached hydrogens (tertiary/aromatic N) is 1. The summed E-state index contributed by atoms with van der Waals surface area (Å²) in [6.07, 6.45) is 7.26. The number of ether oxygens (including phenoxy) is 3. The van der Waals surface area contributed by atoms with Crippen molar-refractivity contribution < 1.29 is 67.0 Å². The molecular formula is C41H68N6O14. The number of hydrogen-bond acceptors (Lipinski definition) is 14. The molecule has 0 aromatic heterocycles. The number of carbonyl (C=O) groups excluding carboxylic acids is 11. The first-order valence-electron chi connectivity index (χ1n) is 21.2. The van der Waals surface area contributed by atoms with Crippen molar-refractivity contribution >= 4 is 65.0 Å². The van der Waals surface area contributed by atoms with Crippen molar-refractivity contribution in [2.45, 2.75) is 119 Å². The SMILES string of the molecule is CCOC(=O)[C@H](C(C)=O)C(=O)NCCCCCCNC(=O)N(CCCCCCNC(=O)[C@@H](C(C)=O)C(=O)OCC)C(=O)NCCCCCCNC(=O)[C@@H](C(C)=O)C(=O)OCC. The van der Waals surface area contributed by atoms with E-state index in [9.17, 15) is 52.7 Å². The Labute approximate surface area is 358 Å². The number of nitrogens with one attached hydrogen (secondary N) is 5. The van der Waals surface area contributed by atoms with E-state index in [-0.39, 0.29) is 59.1 Å². The van der Waals surface area contributed by atoms with Gasteiger partial charge >= 0.3 is 30.0 Å². The fraction of sp³-hybridized carbons (Fsp3) is 0.732. The Balaban J connectivity index is 4.94. The zero-order valence-corrected chi connectivity index (χ0v) is 36.7. The van der Waals surface area contributed by atoms with E-state index in [1.54, 1.807) is 20.8 Å². The van der Waals surface area contributed by atoms with Crippen molar-refractivity contribution in [3.8, 4) is 0 Å². The Hall–Kier alpha value is -5.43. The third kappa shape index (κ3) is 23.8. The maximum Gasteiger partial charge on any atom is 0.326 e. The van der Waals surface area contributed by atoms with Crippen LogP contribution in [0.4, 0.5) is 9.59 Å². The summed E-state index contributed by atoms with van der Waals surface area (Å²) in [6, 6.07) is -1.16. The number of Topliss-reactive ketones (excluding diaryl/α,β-unsaturated/α-hetero) is 3. The van der Waals surface area contributed by atoms with Crippen LogP contribution in [0.25, 0.3) is 0 Å². The first-order chi connectivity index (χ1) is 29.0. The van der Waals surface area contributed by atoms with Gasteiger partial charge < -0.3 is 40.8 Å². The maximum atomic E-state index is 13.2. The first kappa shape index (κ1) is 55.6. The number of carbonyl (C=O) groups is 11. The first-order valence-corrected chi connectivity index (χ1v) is 21.2. The number of esters is 3. The van der Waals surface area contributed by atoms with E-state index in [0.717, 1.165) is 25.7 Å². The molecule has 3 atom stereocenters. The van der Waals surface area contributed by atoms with Gasteiger partial charge in [-0.3, -0.25) is 43.2 Å². The van der Waals surface area contributed by atoms with Gasteiger partial charge in [0.1, 0.15) is 0 Å². The van der Waals surface area contributed by atoms with Crippen LogP contribution < -0.4 is 26.6 Å². The Morgan fingerprint density at radius 2 is 0.623 bits per heavy atom. The molecule has 0 fully saturated rings. The summed E-state index contributed by atoms with van der Waals surface area (Å²) in [4.78, 5) is 136. The van der Waals surface area contributed by atoms with Crippen LogP contribution in [-0.2, 0) is 57.4 Å². The van der Waals surface area contributed by atoms with Crippen molar-refractivity contribution in [1.29, 1.82) is 0 Å². The molecule has 0 spiro atoms. The fourth-order valence-corrected chi connectivity index (χ4v) is 5.82. The Morgan fingerprint density at radius 3 is 0.869 bits per heavy atom. The lowest BCUT2D eigenvalue weighted by Crippen LogP contribution is -2.49. The molecule has 0 saturated heterocycles. The van der Waals surface area contributed by atoms with Crippen LogP contribution in [0.1, 0.15) is 119 Å². The summed E-state index contributed by atoms with van der Waals surface area (Å²) in [6.45, 7) is 9.67. The van der Waals surface area contributed by atoms with Gasteiger partial charge in [-0.15, -0.1) is 0 Å². The van der Waals surface area contributed by atoms with Crippen LogP contribution in [0.2, 0.25) is 0 Å². The number of rotatable bonds is 33. The molecule has 0 aliphatic carbocycles. The smallest absolute Gasteiger partial charge is 0.326 e. The minimum atomic E-state index is -1.53.